The monoisotopic (exact) mass is 666 g/mol. The summed E-state index contributed by atoms with van der Waals surface area (Å²) in [7, 11) is 4.31. The van der Waals surface area contributed by atoms with E-state index in [1.54, 1.807) is 0 Å². The van der Waals surface area contributed by atoms with Gasteiger partial charge in [0, 0.05) is 72.5 Å². The molecule has 0 spiro atoms. The Bertz CT molecular complexity index is 2260. The lowest BCUT2D eigenvalue weighted by atomic mass is 9.86. The van der Waals surface area contributed by atoms with Crippen LogP contribution in [0.2, 0.25) is 0 Å². The number of hydrogen-bond acceptors (Lipinski definition) is 1. The van der Waals surface area contributed by atoms with E-state index in [2.05, 4.69) is 172 Å². The summed E-state index contributed by atoms with van der Waals surface area (Å²) < 4.78 is 2.56. The first-order chi connectivity index (χ1) is 24.7. The third kappa shape index (κ3) is 9.24. The molecule has 1 heterocycles. The lowest BCUT2D eigenvalue weighted by Crippen LogP contribution is -2.32. The fraction of sp³-hybridized carbons (Fsp3) is 0.204. The van der Waals surface area contributed by atoms with Gasteiger partial charge in [-0.2, -0.15) is 4.58 Å². The number of benzene rings is 5. The highest BCUT2D eigenvalue weighted by molar-refractivity contribution is 5.71. The summed E-state index contributed by atoms with van der Waals surface area (Å²) in [5.41, 5.74) is 11.6. The van der Waals surface area contributed by atoms with Crippen molar-refractivity contribution in [1.29, 1.82) is 0 Å². The minimum absolute atomic E-state index is 0.232. The number of nitrogens with zero attached hydrogens (tertiary/aromatic N) is 2. The lowest BCUT2D eigenvalue weighted by molar-refractivity contribution is 0.394. The molecule has 0 aromatic heterocycles. The molecule has 5 aromatic rings. The van der Waals surface area contributed by atoms with Gasteiger partial charge in [0.25, 0.3) is 0 Å². The van der Waals surface area contributed by atoms with Crippen molar-refractivity contribution >= 4 is 23.9 Å². The largest absolute Gasteiger partial charge is 0.309 e. The van der Waals surface area contributed by atoms with Crippen molar-refractivity contribution in [2.24, 2.45) is 5.92 Å². The lowest BCUT2D eigenvalue weighted by Gasteiger charge is -2.18. The summed E-state index contributed by atoms with van der Waals surface area (Å²) in [6.07, 6.45) is 15.4. The summed E-state index contributed by atoms with van der Waals surface area (Å²) in [6, 6.07) is 41.5. The van der Waals surface area contributed by atoms with Crippen molar-refractivity contribution in [2.45, 2.75) is 33.1 Å². The van der Waals surface area contributed by atoms with Gasteiger partial charge in [0.05, 0.1) is 0 Å². The van der Waals surface area contributed by atoms with Gasteiger partial charge in [-0.1, -0.05) is 85.5 Å². The summed E-state index contributed by atoms with van der Waals surface area (Å²) >= 11 is 0. The molecule has 0 saturated heterocycles. The Morgan fingerprint density at radius 1 is 0.745 bits per heavy atom. The molecule has 5 aromatic carbocycles. The zero-order valence-electron chi connectivity index (χ0n) is 30.7. The molecule has 2 aliphatic rings. The Morgan fingerprint density at radius 3 is 2.08 bits per heavy atom. The molecule has 51 heavy (non-hydrogen) atoms. The Kier molecular flexibility index (Phi) is 11.5. The quantitative estimate of drug-likeness (QED) is 0.129. The predicted molar refractivity (Wildman–Crippen MR) is 218 cm³/mol. The van der Waals surface area contributed by atoms with Gasteiger partial charge in [0.15, 0.2) is 6.54 Å². The summed E-state index contributed by atoms with van der Waals surface area (Å²) in [5, 5.41) is 4.79. The number of allylic oxidation sites excluding steroid dienone is 5. The Morgan fingerprint density at radius 2 is 1.39 bits per heavy atom. The van der Waals surface area contributed by atoms with Crippen LogP contribution in [-0.4, -0.2) is 32.1 Å². The number of fused-ring (bicyclic) bond motifs is 2. The highest BCUT2D eigenvalue weighted by atomic mass is 15.1. The molecule has 0 radical (unpaired) electrons. The Balaban J connectivity index is 0.000000249. The highest BCUT2D eigenvalue weighted by Gasteiger charge is 2.22. The molecule has 7 rings (SSSR count). The summed E-state index contributed by atoms with van der Waals surface area (Å²) in [5.74, 6) is 0.232. The zero-order chi connectivity index (χ0) is 35.7. The van der Waals surface area contributed by atoms with Crippen molar-refractivity contribution in [3.63, 3.8) is 0 Å². The van der Waals surface area contributed by atoms with E-state index < -0.39 is 0 Å². The summed E-state index contributed by atoms with van der Waals surface area (Å²) in [4.78, 5) is 2.27. The van der Waals surface area contributed by atoms with Crippen LogP contribution in [0.1, 0.15) is 39.8 Å². The fourth-order valence-corrected chi connectivity index (χ4v) is 6.83. The van der Waals surface area contributed by atoms with E-state index in [9.17, 15) is 0 Å². The van der Waals surface area contributed by atoms with Gasteiger partial charge in [0.1, 0.15) is 10.8 Å². The molecule has 254 valence electrons. The van der Waals surface area contributed by atoms with Crippen LogP contribution in [0.15, 0.2) is 152 Å². The smallest absolute Gasteiger partial charge is 0.208 e. The first-order valence-corrected chi connectivity index (χ1v) is 18.1. The van der Waals surface area contributed by atoms with E-state index in [-0.39, 0.29) is 5.92 Å². The van der Waals surface area contributed by atoms with Gasteiger partial charge in [-0.25, -0.2) is 0 Å². The van der Waals surface area contributed by atoms with Gasteiger partial charge in [-0.15, -0.1) is 0 Å². The minimum atomic E-state index is 0.232. The topological polar surface area (TPSA) is 6.25 Å². The van der Waals surface area contributed by atoms with Gasteiger partial charge >= 0.3 is 0 Å². The molecule has 2 heteroatoms. The van der Waals surface area contributed by atoms with Gasteiger partial charge in [0.2, 0.25) is 11.0 Å². The number of rotatable bonds is 7. The maximum atomic E-state index is 4.11. The first kappa shape index (κ1) is 35.4. The second kappa shape index (κ2) is 16.5. The van der Waals surface area contributed by atoms with Crippen LogP contribution >= 0.6 is 0 Å². The molecular weight excluding hydrogens is 617 g/mol. The average Bonchev–Trinajstić information content (AvgIpc) is 3.29. The van der Waals surface area contributed by atoms with Gasteiger partial charge in [-0.3, -0.25) is 0 Å². The molecule has 0 bridgehead atoms. The third-order valence-electron chi connectivity index (χ3n) is 9.64. The van der Waals surface area contributed by atoms with E-state index >= 15 is 0 Å². The zero-order valence-corrected chi connectivity index (χ0v) is 30.7. The molecule has 1 aliphatic heterocycles. The maximum Gasteiger partial charge on any atom is 0.208 e. The SMILES string of the molecule is C=C1C=CC(/C(c2ccc(C)cc2)=c2/ccc3c(c2)CCc2ccccc2[N+]=3CCCN(C)C)C=C1.C=c1ccc(=[C+]c2ccc(C)cc2)cc1. The van der Waals surface area contributed by atoms with E-state index in [4.69, 9.17) is 0 Å². The average molecular weight is 667 g/mol. The minimum Gasteiger partial charge on any atom is -0.309 e. The van der Waals surface area contributed by atoms with Crippen LogP contribution in [0.4, 0.5) is 5.69 Å². The molecule has 2 nitrogen and oxygen atoms in total. The number of para-hydroxylation sites is 1. The molecule has 0 amide bonds. The van der Waals surface area contributed by atoms with Crippen molar-refractivity contribution in [3.05, 3.63) is 206 Å². The van der Waals surface area contributed by atoms with Crippen molar-refractivity contribution in [1.82, 2.24) is 9.48 Å². The second-order valence-corrected chi connectivity index (χ2v) is 14.1. The molecule has 1 aliphatic carbocycles. The van der Waals surface area contributed by atoms with E-state index in [0.717, 1.165) is 53.9 Å². The van der Waals surface area contributed by atoms with Gasteiger partial charge < -0.3 is 4.90 Å². The molecule has 0 atom stereocenters. The second-order valence-electron chi connectivity index (χ2n) is 14.1. The normalized spacial score (nSPS) is 14.2. The first-order valence-electron chi connectivity index (χ1n) is 18.1. The number of hydrogen-bond donors (Lipinski definition) is 0. The van der Waals surface area contributed by atoms with E-state index in [1.165, 1.54) is 49.7 Å². The highest BCUT2D eigenvalue weighted by Crippen LogP contribution is 2.27. The Hall–Kier alpha value is -5.40. The van der Waals surface area contributed by atoms with Crippen LogP contribution < -0.4 is 25.6 Å². The van der Waals surface area contributed by atoms with Crippen molar-refractivity contribution < 1.29 is 0 Å². The van der Waals surface area contributed by atoms with Crippen molar-refractivity contribution in [3.8, 4) is 0 Å². The van der Waals surface area contributed by atoms with Crippen LogP contribution in [-0.2, 0) is 12.8 Å². The van der Waals surface area contributed by atoms with E-state index in [0.29, 0.717) is 0 Å². The maximum absolute atomic E-state index is 4.11. The van der Waals surface area contributed by atoms with Crippen molar-refractivity contribution in [2.75, 3.05) is 27.2 Å². The fourth-order valence-electron chi connectivity index (χ4n) is 6.83. The predicted octanol–water partition coefficient (Wildman–Crippen LogP) is 7.48. The third-order valence-corrected chi connectivity index (χ3v) is 9.64. The van der Waals surface area contributed by atoms with Crippen LogP contribution in [0, 0.1) is 19.8 Å². The standard InChI is InChI=1S/C34H37N2.C15H13/c1-25-10-14-28(15-11-25)34(29-16-12-26(2)13-17-29)31-20-21-33-30(24-31)19-18-27-8-5-6-9-32(27)36(33)23-7-22-35(3)4;1-12-3-7-14(8-4-12)11-15-9-5-13(2)6-10-15/h5-6,8-17,20-21,24,28H,1,7,18-19,22-23H2,2-4H3;3-10H,1H2,2H3/q2*+1/b34-31+;. The van der Waals surface area contributed by atoms with E-state index in [1.807, 2.05) is 24.3 Å². The molecule has 0 N–H and O–H groups in total. The van der Waals surface area contributed by atoms with Crippen LogP contribution in [0.5, 0.6) is 0 Å². The van der Waals surface area contributed by atoms with Gasteiger partial charge in [-0.05, 0) is 110 Å². The number of aryl methyl sites for hydroxylation is 4. The van der Waals surface area contributed by atoms with Crippen LogP contribution in [0.25, 0.3) is 18.2 Å². The molecule has 0 saturated carbocycles. The Labute approximate surface area is 304 Å². The molecule has 0 unspecified atom stereocenters. The summed E-state index contributed by atoms with van der Waals surface area (Å²) in [6.45, 7) is 14.3. The van der Waals surface area contributed by atoms with Crippen LogP contribution in [0.3, 0.4) is 0 Å². The molecular formula is C49H50N2+2. The molecule has 0 fully saturated rings.